The molecule has 0 atom stereocenters. The lowest BCUT2D eigenvalue weighted by atomic mass is 10.0. The van der Waals surface area contributed by atoms with Gasteiger partial charge in [0.1, 0.15) is 5.75 Å². The molecule has 0 bridgehead atoms. The number of anilines is 1. The number of carbonyl (C=O) groups is 1. The second kappa shape index (κ2) is 5.36. The van der Waals surface area contributed by atoms with Crippen LogP contribution in [-0.2, 0) is 4.79 Å². The van der Waals surface area contributed by atoms with Crippen molar-refractivity contribution >= 4 is 12.1 Å². The third-order valence-corrected chi connectivity index (χ3v) is 2.88. The molecule has 2 aromatic carbocycles. The number of aryl methyl sites for hydroxylation is 1. The van der Waals surface area contributed by atoms with Crippen LogP contribution in [0.1, 0.15) is 5.56 Å². The predicted octanol–water partition coefficient (Wildman–Crippen LogP) is 3.24. The summed E-state index contributed by atoms with van der Waals surface area (Å²) in [5.74, 6) is 0.816. The number of benzene rings is 2. The van der Waals surface area contributed by atoms with Crippen LogP contribution in [0.2, 0.25) is 0 Å². The SMILES string of the molecule is COc1ccc(-c2cccc(C)c2NC=O)cc1. The molecule has 92 valence electrons. The number of hydrogen-bond acceptors (Lipinski definition) is 2. The van der Waals surface area contributed by atoms with E-state index in [1.165, 1.54) is 0 Å². The summed E-state index contributed by atoms with van der Waals surface area (Å²) in [5.41, 5.74) is 3.93. The van der Waals surface area contributed by atoms with Gasteiger partial charge in [0.05, 0.1) is 12.8 Å². The molecule has 18 heavy (non-hydrogen) atoms. The quantitative estimate of drug-likeness (QED) is 0.834. The molecule has 0 saturated carbocycles. The molecule has 0 saturated heterocycles. The Bertz CT molecular complexity index is 547. The van der Waals surface area contributed by atoms with Gasteiger partial charge in [-0.1, -0.05) is 30.3 Å². The van der Waals surface area contributed by atoms with Crippen molar-refractivity contribution in [1.29, 1.82) is 0 Å². The Balaban J connectivity index is 2.48. The van der Waals surface area contributed by atoms with Gasteiger partial charge in [0.15, 0.2) is 0 Å². The van der Waals surface area contributed by atoms with Crippen molar-refractivity contribution in [2.75, 3.05) is 12.4 Å². The van der Waals surface area contributed by atoms with Crippen molar-refractivity contribution in [1.82, 2.24) is 0 Å². The summed E-state index contributed by atoms with van der Waals surface area (Å²) in [4.78, 5) is 10.7. The first-order chi connectivity index (χ1) is 8.76. The van der Waals surface area contributed by atoms with E-state index in [-0.39, 0.29) is 0 Å². The number of carbonyl (C=O) groups excluding carboxylic acids is 1. The average Bonchev–Trinajstić information content (AvgIpc) is 2.41. The fourth-order valence-corrected chi connectivity index (χ4v) is 1.93. The highest BCUT2D eigenvalue weighted by molar-refractivity contribution is 5.87. The second-order valence-electron chi connectivity index (χ2n) is 3.99. The minimum absolute atomic E-state index is 0.704. The molecule has 0 fully saturated rings. The van der Waals surface area contributed by atoms with Crippen LogP contribution >= 0.6 is 0 Å². The number of methoxy groups -OCH3 is 1. The van der Waals surface area contributed by atoms with Crippen molar-refractivity contribution in [3.8, 4) is 16.9 Å². The topological polar surface area (TPSA) is 38.3 Å². The summed E-state index contributed by atoms with van der Waals surface area (Å²) in [6.07, 6.45) is 0.704. The van der Waals surface area contributed by atoms with Gasteiger partial charge in [0.25, 0.3) is 0 Å². The summed E-state index contributed by atoms with van der Waals surface area (Å²) < 4.78 is 5.13. The van der Waals surface area contributed by atoms with Crippen molar-refractivity contribution in [2.45, 2.75) is 6.92 Å². The van der Waals surface area contributed by atoms with E-state index in [2.05, 4.69) is 5.32 Å². The zero-order valence-electron chi connectivity index (χ0n) is 10.4. The van der Waals surface area contributed by atoms with Crippen LogP contribution < -0.4 is 10.1 Å². The van der Waals surface area contributed by atoms with E-state index < -0.39 is 0 Å². The molecule has 3 heteroatoms. The summed E-state index contributed by atoms with van der Waals surface area (Å²) in [7, 11) is 1.64. The van der Waals surface area contributed by atoms with Gasteiger partial charge >= 0.3 is 0 Å². The Morgan fingerprint density at radius 1 is 1.11 bits per heavy atom. The van der Waals surface area contributed by atoms with Crippen LogP contribution in [0.25, 0.3) is 11.1 Å². The number of para-hydroxylation sites is 1. The summed E-state index contributed by atoms with van der Waals surface area (Å²) in [6, 6.07) is 13.7. The van der Waals surface area contributed by atoms with Crippen molar-refractivity contribution < 1.29 is 9.53 Å². The summed E-state index contributed by atoms with van der Waals surface area (Å²) >= 11 is 0. The highest BCUT2D eigenvalue weighted by Crippen LogP contribution is 2.31. The normalized spacial score (nSPS) is 9.89. The first kappa shape index (κ1) is 12.2. The van der Waals surface area contributed by atoms with E-state index in [0.717, 1.165) is 28.1 Å². The molecule has 0 radical (unpaired) electrons. The van der Waals surface area contributed by atoms with Crippen LogP contribution in [0, 0.1) is 6.92 Å². The van der Waals surface area contributed by atoms with E-state index in [1.54, 1.807) is 7.11 Å². The van der Waals surface area contributed by atoms with Crippen LogP contribution in [0.4, 0.5) is 5.69 Å². The third-order valence-electron chi connectivity index (χ3n) is 2.88. The molecule has 0 aliphatic heterocycles. The summed E-state index contributed by atoms with van der Waals surface area (Å²) in [6.45, 7) is 1.97. The molecule has 0 aliphatic rings. The summed E-state index contributed by atoms with van der Waals surface area (Å²) in [5, 5.41) is 2.76. The van der Waals surface area contributed by atoms with Gasteiger partial charge in [-0.15, -0.1) is 0 Å². The minimum Gasteiger partial charge on any atom is -0.497 e. The highest BCUT2D eigenvalue weighted by atomic mass is 16.5. The number of nitrogens with one attached hydrogen (secondary N) is 1. The first-order valence-corrected chi connectivity index (χ1v) is 5.70. The molecule has 0 aromatic heterocycles. The Morgan fingerprint density at radius 3 is 2.44 bits per heavy atom. The van der Waals surface area contributed by atoms with Crippen LogP contribution in [0.15, 0.2) is 42.5 Å². The molecule has 0 heterocycles. The van der Waals surface area contributed by atoms with Crippen LogP contribution in [0.3, 0.4) is 0 Å². The molecule has 1 N–H and O–H groups in total. The number of ether oxygens (including phenoxy) is 1. The number of hydrogen-bond donors (Lipinski definition) is 1. The Kier molecular flexibility index (Phi) is 3.63. The van der Waals surface area contributed by atoms with Gasteiger partial charge in [-0.2, -0.15) is 0 Å². The van der Waals surface area contributed by atoms with E-state index in [9.17, 15) is 4.79 Å². The Hall–Kier alpha value is -2.29. The Morgan fingerprint density at radius 2 is 1.83 bits per heavy atom. The van der Waals surface area contributed by atoms with Gasteiger partial charge < -0.3 is 10.1 Å². The molecule has 2 aromatic rings. The van der Waals surface area contributed by atoms with E-state index in [0.29, 0.717) is 6.41 Å². The second-order valence-corrected chi connectivity index (χ2v) is 3.99. The zero-order chi connectivity index (χ0) is 13.0. The number of rotatable bonds is 4. The lowest BCUT2D eigenvalue weighted by Crippen LogP contribution is -1.98. The fraction of sp³-hybridized carbons (Fsp3) is 0.133. The average molecular weight is 241 g/mol. The van der Waals surface area contributed by atoms with E-state index in [4.69, 9.17) is 4.74 Å². The first-order valence-electron chi connectivity index (χ1n) is 5.70. The maximum atomic E-state index is 10.7. The van der Waals surface area contributed by atoms with Crippen molar-refractivity contribution in [2.24, 2.45) is 0 Å². The van der Waals surface area contributed by atoms with Gasteiger partial charge in [-0.05, 0) is 30.2 Å². The van der Waals surface area contributed by atoms with E-state index in [1.807, 2.05) is 49.4 Å². The molecule has 0 aliphatic carbocycles. The fourth-order valence-electron chi connectivity index (χ4n) is 1.93. The molecule has 3 nitrogen and oxygen atoms in total. The van der Waals surface area contributed by atoms with Crippen LogP contribution in [-0.4, -0.2) is 13.5 Å². The molecule has 0 spiro atoms. The molecular weight excluding hydrogens is 226 g/mol. The Labute approximate surface area is 106 Å². The maximum absolute atomic E-state index is 10.7. The monoisotopic (exact) mass is 241 g/mol. The van der Waals surface area contributed by atoms with Gasteiger partial charge in [-0.3, -0.25) is 4.79 Å². The lowest BCUT2D eigenvalue weighted by molar-refractivity contribution is -0.105. The maximum Gasteiger partial charge on any atom is 0.211 e. The lowest BCUT2D eigenvalue weighted by Gasteiger charge is -2.12. The highest BCUT2D eigenvalue weighted by Gasteiger charge is 2.07. The largest absolute Gasteiger partial charge is 0.497 e. The smallest absolute Gasteiger partial charge is 0.211 e. The van der Waals surface area contributed by atoms with Gasteiger partial charge in [-0.25, -0.2) is 0 Å². The van der Waals surface area contributed by atoms with Gasteiger partial charge in [0.2, 0.25) is 6.41 Å². The van der Waals surface area contributed by atoms with Gasteiger partial charge in [0, 0.05) is 5.56 Å². The van der Waals surface area contributed by atoms with E-state index >= 15 is 0 Å². The molecule has 0 unspecified atom stereocenters. The minimum atomic E-state index is 0.704. The van der Waals surface area contributed by atoms with Crippen LogP contribution in [0.5, 0.6) is 5.75 Å². The molecule has 2 rings (SSSR count). The third kappa shape index (κ3) is 2.35. The van der Waals surface area contributed by atoms with Crippen molar-refractivity contribution in [3.05, 3.63) is 48.0 Å². The standard InChI is InChI=1S/C15H15NO2/c1-11-4-3-5-14(15(11)16-10-17)12-6-8-13(18-2)9-7-12/h3-10H,1-2H3,(H,16,17). The molecular formula is C15H15NO2. The zero-order valence-corrected chi connectivity index (χ0v) is 10.4. The number of amides is 1. The van der Waals surface area contributed by atoms with Crippen molar-refractivity contribution in [3.63, 3.8) is 0 Å². The molecule has 1 amide bonds. The predicted molar refractivity (Wildman–Crippen MR) is 72.9 cm³/mol.